The van der Waals surface area contributed by atoms with Crippen LogP contribution in [0.5, 0.6) is 0 Å². The van der Waals surface area contributed by atoms with E-state index in [2.05, 4.69) is 5.32 Å². The van der Waals surface area contributed by atoms with Crippen LogP contribution in [-0.4, -0.2) is 20.1 Å². The maximum absolute atomic E-state index is 11.7. The smallest absolute Gasteiger partial charge is 0.281 e. The van der Waals surface area contributed by atoms with Crippen LogP contribution in [0.25, 0.3) is 0 Å². The SMILES string of the molecule is COC1(OC)NC(=O)c2cc(Cl)cc(Cl)c21. The second-order valence-corrected chi connectivity index (χ2v) is 4.13. The third-order valence-electron chi connectivity index (χ3n) is 2.48. The highest BCUT2D eigenvalue weighted by molar-refractivity contribution is 6.36. The Morgan fingerprint density at radius 2 is 1.88 bits per heavy atom. The van der Waals surface area contributed by atoms with Gasteiger partial charge >= 0.3 is 0 Å². The first kappa shape index (κ1) is 11.7. The summed E-state index contributed by atoms with van der Waals surface area (Å²) in [5.74, 6) is -1.66. The molecule has 86 valence electrons. The molecule has 1 aromatic rings. The van der Waals surface area contributed by atoms with Crippen molar-refractivity contribution in [2.45, 2.75) is 5.91 Å². The lowest BCUT2D eigenvalue weighted by Gasteiger charge is -2.26. The van der Waals surface area contributed by atoms with Crippen molar-refractivity contribution < 1.29 is 14.3 Å². The second kappa shape index (κ2) is 3.89. The van der Waals surface area contributed by atoms with Crippen molar-refractivity contribution in [2.75, 3.05) is 14.2 Å². The summed E-state index contributed by atoms with van der Waals surface area (Å²) in [6, 6.07) is 3.06. The number of hydrogen-bond donors (Lipinski definition) is 1. The summed E-state index contributed by atoms with van der Waals surface area (Å²) in [4.78, 5) is 11.7. The van der Waals surface area contributed by atoms with Crippen molar-refractivity contribution in [1.29, 1.82) is 0 Å². The van der Waals surface area contributed by atoms with E-state index in [4.69, 9.17) is 32.7 Å². The van der Waals surface area contributed by atoms with Crippen molar-refractivity contribution in [2.24, 2.45) is 0 Å². The maximum atomic E-state index is 11.7. The van der Waals surface area contributed by atoms with Crippen LogP contribution in [-0.2, 0) is 15.4 Å². The van der Waals surface area contributed by atoms with E-state index in [1.165, 1.54) is 26.4 Å². The molecule has 0 aromatic heterocycles. The summed E-state index contributed by atoms with van der Waals surface area (Å²) in [6.07, 6.45) is 0. The van der Waals surface area contributed by atoms with Crippen molar-refractivity contribution in [1.82, 2.24) is 5.32 Å². The molecule has 0 saturated carbocycles. The van der Waals surface area contributed by atoms with Gasteiger partial charge in [-0.1, -0.05) is 23.2 Å². The summed E-state index contributed by atoms with van der Waals surface area (Å²) in [5, 5.41) is 3.29. The molecule has 1 N–H and O–H groups in total. The number of methoxy groups -OCH3 is 2. The van der Waals surface area contributed by atoms with E-state index in [1.807, 2.05) is 0 Å². The summed E-state index contributed by atoms with van der Waals surface area (Å²) in [7, 11) is 2.84. The Balaban J connectivity index is 2.70. The number of benzene rings is 1. The first-order valence-electron chi connectivity index (χ1n) is 4.46. The summed E-state index contributed by atoms with van der Waals surface area (Å²) >= 11 is 11.9. The minimum atomic E-state index is -1.33. The molecule has 0 fully saturated rings. The van der Waals surface area contributed by atoms with Crippen LogP contribution in [0.4, 0.5) is 0 Å². The van der Waals surface area contributed by atoms with Gasteiger partial charge in [0.1, 0.15) is 0 Å². The molecular formula is C10H9Cl2NO3. The molecule has 4 nitrogen and oxygen atoms in total. The van der Waals surface area contributed by atoms with Gasteiger partial charge in [0.25, 0.3) is 11.8 Å². The molecule has 0 unspecified atom stereocenters. The Kier molecular flexibility index (Phi) is 2.84. The number of amides is 1. The number of hydrogen-bond acceptors (Lipinski definition) is 3. The van der Waals surface area contributed by atoms with Gasteiger partial charge in [-0.05, 0) is 12.1 Å². The molecule has 0 spiro atoms. The highest BCUT2D eigenvalue weighted by Gasteiger charge is 2.46. The van der Waals surface area contributed by atoms with Gasteiger partial charge in [-0.2, -0.15) is 0 Å². The minimum Gasteiger partial charge on any atom is -0.332 e. The van der Waals surface area contributed by atoms with E-state index >= 15 is 0 Å². The lowest BCUT2D eigenvalue weighted by atomic mass is 10.1. The number of rotatable bonds is 2. The van der Waals surface area contributed by atoms with Gasteiger partial charge in [0.15, 0.2) is 0 Å². The van der Waals surface area contributed by atoms with Gasteiger partial charge in [-0.25, -0.2) is 0 Å². The van der Waals surface area contributed by atoms with Crippen molar-refractivity contribution >= 4 is 29.1 Å². The Morgan fingerprint density at radius 1 is 1.25 bits per heavy atom. The highest BCUT2D eigenvalue weighted by Crippen LogP contribution is 2.39. The van der Waals surface area contributed by atoms with Crippen molar-refractivity contribution in [3.63, 3.8) is 0 Å². The number of halogens is 2. The molecule has 1 aliphatic heterocycles. The van der Waals surface area contributed by atoms with Crippen LogP contribution in [0.1, 0.15) is 15.9 Å². The van der Waals surface area contributed by atoms with Crippen LogP contribution in [0.3, 0.4) is 0 Å². The molecule has 1 amide bonds. The molecule has 16 heavy (non-hydrogen) atoms. The van der Waals surface area contributed by atoms with E-state index in [0.717, 1.165) is 0 Å². The average Bonchev–Trinajstić information content (AvgIpc) is 2.53. The quantitative estimate of drug-likeness (QED) is 0.830. The molecule has 0 bridgehead atoms. The Bertz CT molecular complexity index is 458. The van der Waals surface area contributed by atoms with Gasteiger partial charge in [0, 0.05) is 19.2 Å². The standard InChI is InChI=1S/C10H9Cl2NO3/c1-15-10(16-2)8-6(9(14)13-10)3-5(11)4-7(8)12/h3-4H,1-2H3,(H,13,14). The topological polar surface area (TPSA) is 47.6 Å². The number of nitrogens with one attached hydrogen (secondary N) is 1. The number of ether oxygens (including phenoxy) is 2. The largest absolute Gasteiger partial charge is 0.332 e. The molecule has 6 heteroatoms. The normalized spacial score (nSPS) is 17.1. The van der Waals surface area contributed by atoms with E-state index in [1.54, 1.807) is 0 Å². The predicted molar refractivity (Wildman–Crippen MR) is 59.6 cm³/mol. The van der Waals surface area contributed by atoms with E-state index in [-0.39, 0.29) is 5.91 Å². The van der Waals surface area contributed by atoms with Gasteiger partial charge < -0.3 is 9.47 Å². The Labute approximate surface area is 102 Å². The lowest BCUT2D eigenvalue weighted by molar-refractivity contribution is -0.225. The Hall–Kier alpha value is -0.810. The van der Waals surface area contributed by atoms with Crippen LogP contribution in [0.2, 0.25) is 10.0 Å². The van der Waals surface area contributed by atoms with Gasteiger partial charge in [0.05, 0.1) is 16.1 Å². The fourth-order valence-electron chi connectivity index (χ4n) is 1.76. The zero-order valence-electron chi connectivity index (χ0n) is 8.64. The molecular weight excluding hydrogens is 253 g/mol. The van der Waals surface area contributed by atoms with Crippen LogP contribution in [0.15, 0.2) is 12.1 Å². The summed E-state index contributed by atoms with van der Waals surface area (Å²) < 4.78 is 10.4. The van der Waals surface area contributed by atoms with Gasteiger partial charge in [0.2, 0.25) is 0 Å². The van der Waals surface area contributed by atoms with Crippen LogP contribution < -0.4 is 5.32 Å². The van der Waals surface area contributed by atoms with E-state index in [0.29, 0.717) is 21.2 Å². The third-order valence-corrected chi connectivity index (χ3v) is 3.00. The van der Waals surface area contributed by atoms with Crippen LogP contribution in [0, 0.1) is 0 Å². The molecule has 0 radical (unpaired) electrons. The summed E-state index contributed by atoms with van der Waals surface area (Å²) in [5.41, 5.74) is 0.815. The Morgan fingerprint density at radius 3 is 2.44 bits per heavy atom. The van der Waals surface area contributed by atoms with Crippen LogP contribution >= 0.6 is 23.2 Å². The fraction of sp³-hybridized carbons (Fsp3) is 0.300. The first-order valence-corrected chi connectivity index (χ1v) is 5.22. The molecule has 0 aliphatic carbocycles. The second-order valence-electron chi connectivity index (χ2n) is 3.29. The zero-order valence-corrected chi connectivity index (χ0v) is 10.1. The molecule has 1 heterocycles. The predicted octanol–water partition coefficient (Wildman–Crippen LogP) is 2.14. The molecule has 1 aliphatic rings. The van der Waals surface area contributed by atoms with Gasteiger partial charge in [-0.15, -0.1) is 0 Å². The number of carbonyl (C=O) groups is 1. The maximum Gasteiger partial charge on any atom is 0.281 e. The monoisotopic (exact) mass is 261 g/mol. The third kappa shape index (κ3) is 1.50. The van der Waals surface area contributed by atoms with Gasteiger partial charge in [-0.3, -0.25) is 10.1 Å². The lowest BCUT2D eigenvalue weighted by Crippen LogP contribution is -2.42. The molecule has 0 atom stereocenters. The summed E-state index contributed by atoms with van der Waals surface area (Å²) in [6.45, 7) is 0. The molecule has 2 rings (SSSR count). The first-order chi connectivity index (χ1) is 7.54. The van der Waals surface area contributed by atoms with Crippen molar-refractivity contribution in [3.8, 4) is 0 Å². The molecule has 0 saturated heterocycles. The average molecular weight is 262 g/mol. The minimum absolute atomic E-state index is 0.324. The van der Waals surface area contributed by atoms with E-state index in [9.17, 15) is 4.79 Å². The zero-order chi connectivity index (χ0) is 11.9. The van der Waals surface area contributed by atoms with E-state index < -0.39 is 5.91 Å². The van der Waals surface area contributed by atoms with Crippen molar-refractivity contribution in [3.05, 3.63) is 33.3 Å². The number of carbonyl (C=O) groups excluding carboxylic acids is 1. The highest BCUT2D eigenvalue weighted by atomic mass is 35.5. The fourth-order valence-corrected chi connectivity index (χ4v) is 2.37. The molecule has 1 aromatic carbocycles. The number of fused-ring (bicyclic) bond motifs is 1.